The van der Waals surface area contributed by atoms with Crippen LogP contribution in [0, 0.1) is 11.8 Å². The molecule has 2 N–H and O–H groups in total. The minimum atomic E-state index is -4.61. The molecule has 0 radical (unpaired) electrons. The number of halogens is 3. The number of amides is 1. The van der Waals surface area contributed by atoms with Gasteiger partial charge in [-0.15, -0.1) is 0 Å². The molecule has 2 fully saturated rings. The third-order valence-electron chi connectivity index (χ3n) is 6.38. The van der Waals surface area contributed by atoms with Gasteiger partial charge in [0, 0.05) is 25.2 Å². The second kappa shape index (κ2) is 9.69. The number of alkyl halides is 3. The second-order valence-electron chi connectivity index (χ2n) is 9.13. The Morgan fingerprint density at radius 1 is 1.22 bits per heavy atom. The molecule has 0 aromatic heterocycles. The van der Waals surface area contributed by atoms with Gasteiger partial charge in [-0.05, 0) is 49.3 Å². The summed E-state index contributed by atoms with van der Waals surface area (Å²) in [6.45, 7) is 6.44. The molecule has 1 saturated carbocycles. The summed E-state index contributed by atoms with van der Waals surface area (Å²) in [6, 6.07) is 3.59. The lowest BCUT2D eigenvalue weighted by Crippen LogP contribution is -2.51. The van der Waals surface area contributed by atoms with Gasteiger partial charge in [-0.1, -0.05) is 33.3 Å². The summed E-state index contributed by atoms with van der Waals surface area (Å²) in [5.41, 5.74) is -0.984. The molecule has 1 aliphatic heterocycles. The molecule has 1 heterocycles. The van der Waals surface area contributed by atoms with Crippen molar-refractivity contribution in [1.29, 1.82) is 0 Å². The van der Waals surface area contributed by atoms with E-state index in [1.54, 1.807) is 0 Å². The van der Waals surface area contributed by atoms with E-state index < -0.39 is 21.8 Å². The Balaban J connectivity index is 1.70. The molecule has 180 valence electrons. The van der Waals surface area contributed by atoms with Gasteiger partial charge in [-0.2, -0.15) is 17.5 Å². The van der Waals surface area contributed by atoms with Crippen LogP contribution in [0.4, 0.5) is 13.2 Å². The predicted octanol–water partition coefficient (Wildman–Crippen LogP) is 3.39. The maximum atomic E-state index is 13.0. The van der Waals surface area contributed by atoms with E-state index >= 15 is 0 Å². The van der Waals surface area contributed by atoms with Crippen molar-refractivity contribution in [2.45, 2.75) is 75.7 Å². The van der Waals surface area contributed by atoms with Crippen molar-refractivity contribution in [3.05, 3.63) is 29.8 Å². The van der Waals surface area contributed by atoms with Crippen molar-refractivity contribution < 1.29 is 26.4 Å². The summed E-state index contributed by atoms with van der Waals surface area (Å²) in [4.78, 5) is 12.5. The average molecular weight is 476 g/mol. The lowest BCUT2D eigenvalue weighted by molar-refractivity contribution is -0.137. The van der Waals surface area contributed by atoms with Gasteiger partial charge in [0.25, 0.3) is 0 Å². The van der Waals surface area contributed by atoms with Gasteiger partial charge in [0.15, 0.2) is 0 Å². The van der Waals surface area contributed by atoms with E-state index in [0.29, 0.717) is 12.5 Å². The molecule has 6 nitrogen and oxygen atoms in total. The molecule has 0 unspecified atom stereocenters. The number of carbonyl (C=O) groups excluding carboxylic acids is 1. The standard InChI is InChI=1S/C22H32F3N3O3S/c1-4-6-20(26-14(2)3)21(29)27-19-10-9-15-12-28(13-18(15)19)32(30,31)17-8-5-7-16(11-17)22(23,24)25/h5,7-8,11,14-15,18-20,26H,4,6,9-10,12-13H2,1-3H3,(H,27,29)/t15-,18+,19+,20+/m1/s1. The molecule has 1 aliphatic carbocycles. The molecule has 10 heteroatoms. The van der Waals surface area contributed by atoms with Crippen LogP contribution in [-0.2, 0) is 21.0 Å². The fourth-order valence-electron chi connectivity index (χ4n) is 4.85. The molecular formula is C22H32F3N3O3S. The number of nitrogens with one attached hydrogen (secondary N) is 2. The second-order valence-corrected chi connectivity index (χ2v) is 11.1. The van der Waals surface area contributed by atoms with Gasteiger partial charge in [0.1, 0.15) is 0 Å². The van der Waals surface area contributed by atoms with E-state index in [1.807, 2.05) is 20.8 Å². The van der Waals surface area contributed by atoms with Gasteiger partial charge in [0.2, 0.25) is 15.9 Å². The number of carbonyl (C=O) groups is 1. The Bertz CT molecular complexity index is 920. The van der Waals surface area contributed by atoms with Crippen LogP contribution < -0.4 is 10.6 Å². The SMILES string of the molecule is CCC[C@H](NC(C)C)C(=O)N[C@H]1CC[C@@H]2CN(S(=O)(=O)c3cccc(C(F)(F)F)c3)C[C@@H]21. The van der Waals surface area contributed by atoms with E-state index in [-0.39, 0.29) is 53.9 Å². The summed E-state index contributed by atoms with van der Waals surface area (Å²) in [7, 11) is -4.05. The summed E-state index contributed by atoms with van der Waals surface area (Å²) in [5.74, 6) is -0.0326. The van der Waals surface area contributed by atoms with Crippen molar-refractivity contribution in [2.75, 3.05) is 13.1 Å². The fraction of sp³-hybridized carbons (Fsp3) is 0.682. The first-order chi connectivity index (χ1) is 14.9. The van der Waals surface area contributed by atoms with Crippen molar-refractivity contribution in [3.8, 4) is 0 Å². The molecule has 4 atom stereocenters. The molecule has 0 spiro atoms. The topological polar surface area (TPSA) is 78.5 Å². The van der Waals surface area contributed by atoms with Crippen molar-refractivity contribution in [3.63, 3.8) is 0 Å². The lowest BCUT2D eigenvalue weighted by Gasteiger charge is -2.26. The van der Waals surface area contributed by atoms with Gasteiger partial charge < -0.3 is 10.6 Å². The number of hydrogen-bond acceptors (Lipinski definition) is 4. The van der Waals surface area contributed by atoms with Crippen molar-refractivity contribution in [2.24, 2.45) is 11.8 Å². The highest BCUT2D eigenvalue weighted by Crippen LogP contribution is 2.40. The molecule has 1 aromatic carbocycles. The first kappa shape index (κ1) is 25.0. The normalized spacial score (nSPS) is 25.2. The highest BCUT2D eigenvalue weighted by Gasteiger charge is 2.47. The van der Waals surface area contributed by atoms with Crippen LogP contribution >= 0.6 is 0 Å². The molecule has 1 saturated heterocycles. The number of benzene rings is 1. The van der Waals surface area contributed by atoms with Gasteiger partial charge in [0.05, 0.1) is 16.5 Å². The molecular weight excluding hydrogens is 443 g/mol. The number of rotatable bonds is 8. The molecule has 0 bridgehead atoms. The Morgan fingerprint density at radius 3 is 2.56 bits per heavy atom. The van der Waals surface area contributed by atoms with E-state index in [2.05, 4.69) is 10.6 Å². The average Bonchev–Trinajstić information content (AvgIpc) is 3.29. The Labute approximate surface area is 188 Å². The van der Waals surface area contributed by atoms with Crippen LogP contribution in [0.5, 0.6) is 0 Å². The summed E-state index contributed by atoms with van der Waals surface area (Å²) >= 11 is 0. The molecule has 32 heavy (non-hydrogen) atoms. The monoisotopic (exact) mass is 475 g/mol. The van der Waals surface area contributed by atoms with Crippen LogP contribution in [0.15, 0.2) is 29.2 Å². The molecule has 3 rings (SSSR count). The van der Waals surface area contributed by atoms with Crippen LogP contribution in [-0.4, -0.2) is 49.8 Å². The lowest BCUT2D eigenvalue weighted by atomic mass is 9.97. The zero-order valence-electron chi connectivity index (χ0n) is 18.7. The fourth-order valence-corrected chi connectivity index (χ4v) is 6.43. The Morgan fingerprint density at radius 2 is 1.94 bits per heavy atom. The maximum absolute atomic E-state index is 13.0. The van der Waals surface area contributed by atoms with Crippen LogP contribution in [0.2, 0.25) is 0 Å². The maximum Gasteiger partial charge on any atom is 0.416 e. The van der Waals surface area contributed by atoms with E-state index in [0.717, 1.165) is 31.4 Å². The first-order valence-electron chi connectivity index (χ1n) is 11.2. The third kappa shape index (κ3) is 5.46. The van der Waals surface area contributed by atoms with Gasteiger partial charge >= 0.3 is 6.18 Å². The summed E-state index contributed by atoms with van der Waals surface area (Å²) in [6.07, 6.45) is -1.49. The Kier molecular flexibility index (Phi) is 7.56. The van der Waals surface area contributed by atoms with Crippen molar-refractivity contribution >= 4 is 15.9 Å². The minimum Gasteiger partial charge on any atom is -0.352 e. The third-order valence-corrected chi connectivity index (χ3v) is 8.21. The molecule has 1 aromatic rings. The van der Waals surface area contributed by atoms with Gasteiger partial charge in [-0.25, -0.2) is 8.42 Å². The van der Waals surface area contributed by atoms with Crippen LogP contribution in [0.1, 0.15) is 52.0 Å². The largest absolute Gasteiger partial charge is 0.416 e. The first-order valence-corrected chi connectivity index (χ1v) is 12.6. The van der Waals surface area contributed by atoms with Crippen molar-refractivity contribution in [1.82, 2.24) is 14.9 Å². The smallest absolute Gasteiger partial charge is 0.352 e. The quantitative estimate of drug-likeness (QED) is 0.604. The predicted molar refractivity (Wildman–Crippen MR) is 115 cm³/mol. The highest BCUT2D eigenvalue weighted by molar-refractivity contribution is 7.89. The number of sulfonamides is 1. The zero-order chi connectivity index (χ0) is 23.7. The van der Waals surface area contributed by atoms with Gasteiger partial charge in [-0.3, -0.25) is 4.79 Å². The van der Waals surface area contributed by atoms with E-state index in [1.165, 1.54) is 10.4 Å². The molecule has 2 aliphatic rings. The number of nitrogens with zero attached hydrogens (tertiary/aromatic N) is 1. The minimum absolute atomic E-state index is 0.0409. The number of hydrogen-bond donors (Lipinski definition) is 2. The zero-order valence-corrected chi connectivity index (χ0v) is 19.5. The van der Waals surface area contributed by atoms with Crippen LogP contribution in [0.25, 0.3) is 0 Å². The molecule has 1 amide bonds. The summed E-state index contributed by atoms with van der Waals surface area (Å²) in [5, 5.41) is 6.39. The summed E-state index contributed by atoms with van der Waals surface area (Å²) < 4.78 is 66.5. The Hall–Kier alpha value is -1.65. The highest BCUT2D eigenvalue weighted by atomic mass is 32.2. The number of fused-ring (bicyclic) bond motifs is 1. The van der Waals surface area contributed by atoms with E-state index in [9.17, 15) is 26.4 Å². The van der Waals surface area contributed by atoms with E-state index in [4.69, 9.17) is 0 Å². The van der Waals surface area contributed by atoms with Crippen LogP contribution in [0.3, 0.4) is 0 Å².